The van der Waals surface area contributed by atoms with E-state index in [1.54, 1.807) is 16.0 Å². The van der Waals surface area contributed by atoms with Crippen LogP contribution < -0.4 is 0 Å². The molecule has 0 fully saturated rings. The maximum atomic E-state index is 12.8. The summed E-state index contributed by atoms with van der Waals surface area (Å²) in [6.45, 7) is 7.02. The number of hydrogen-bond acceptors (Lipinski definition) is 5. The molecule has 0 aliphatic heterocycles. The van der Waals surface area contributed by atoms with E-state index in [0.29, 0.717) is 38.1 Å². The topological polar surface area (TPSA) is 81.4 Å². The third kappa shape index (κ3) is 4.98. The van der Waals surface area contributed by atoms with Gasteiger partial charge < -0.3 is 9.84 Å². The summed E-state index contributed by atoms with van der Waals surface area (Å²) in [6, 6.07) is 4.04. The van der Waals surface area contributed by atoms with Gasteiger partial charge in [0.15, 0.2) is 0 Å². The highest BCUT2D eigenvalue weighted by Crippen LogP contribution is 2.42. The van der Waals surface area contributed by atoms with Crippen LogP contribution in [0.1, 0.15) is 90.8 Å². The van der Waals surface area contributed by atoms with Crippen molar-refractivity contribution in [3.05, 3.63) is 51.0 Å². The van der Waals surface area contributed by atoms with Gasteiger partial charge in [-0.05, 0) is 51.2 Å². The van der Waals surface area contributed by atoms with Gasteiger partial charge in [0.05, 0.1) is 12.3 Å². The predicted octanol–water partition coefficient (Wildman–Crippen LogP) is 5.53. The smallest absolute Gasteiger partial charge is 0.354 e. The normalized spacial score (nSPS) is 14.7. The van der Waals surface area contributed by atoms with Crippen molar-refractivity contribution in [2.45, 2.75) is 84.1 Å². The molecule has 174 valence electrons. The van der Waals surface area contributed by atoms with Gasteiger partial charge in [0.2, 0.25) is 0 Å². The summed E-state index contributed by atoms with van der Waals surface area (Å²) >= 11 is 1.59. The van der Waals surface area contributed by atoms with E-state index in [9.17, 15) is 14.7 Å². The second kappa shape index (κ2) is 10.9. The predicted molar refractivity (Wildman–Crippen MR) is 127 cm³/mol. The zero-order chi connectivity index (χ0) is 23.1. The third-order valence-electron chi connectivity index (χ3n) is 6.08. The lowest BCUT2D eigenvalue weighted by molar-refractivity contribution is -0.149. The number of unbranched alkanes of at least 4 members (excludes halogenated alkanes) is 2. The van der Waals surface area contributed by atoms with Crippen LogP contribution >= 0.6 is 11.3 Å². The molecule has 0 unspecified atom stereocenters. The van der Waals surface area contributed by atoms with Crippen LogP contribution in [-0.2, 0) is 34.3 Å². The molecule has 0 radical (unpaired) electrons. The molecule has 2 heterocycles. The number of rotatable bonds is 12. The van der Waals surface area contributed by atoms with E-state index >= 15 is 0 Å². The van der Waals surface area contributed by atoms with Crippen molar-refractivity contribution in [3.8, 4) is 0 Å². The number of carbonyl (C=O) groups excluding carboxylic acids is 1. The zero-order valence-corrected chi connectivity index (χ0v) is 20.2. The lowest BCUT2D eigenvalue weighted by atomic mass is 9.84. The van der Waals surface area contributed by atoms with E-state index < -0.39 is 11.4 Å². The van der Waals surface area contributed by atoms with Crippen LogP contribution in [0.25, 0.3) is 0 Å². The minimum Gasteiger partial charge on any atom is -0.477 e. The highest BCUT2D eigenvalue weighted by molar-refractivity contribution is 7.12. The summed E-state index contributed by atoms with van der Waals surface area (Å²) in [7, 11) is 0. The second-order valence-corrected chi connectivity index (χ2v) is 9.55. The Bertz CT molecular complexity index is 965. The number of carbonyl (C=O) groups is 2. The molecular formula is C25H34N2O4S. The number of esters is 1. The Labute approximate surface area is 194 Å². The van der Waals surface area contributed by atoms with Crippen LogP contribution in [0.5, 0.6) is 0 Å². The molecule has 6 nitrogen and oxygen atoms in total. The van der Waals surface area contributed by atoms with Gasteiger partial charge in [0.1, 0.15) is 11.1 Å². The number of carboxylic acids is 1. The van der Waals surface area contributed by atoms with Gasteiger partial charge in [-0.2, -0.15) is 5.10 Å². The largest absolute Gasteiger partial charge is 0.477 e. The summed E-state index contributed by atoms with van der Waals surface area (Å²) in [5, 5.41) is 14.7. The van der Waals surface area contributed by atoms with Crippen LogP contribution in [0, 0.1) is 0 Å². The van der Waals surface area contributed by atoms with Gasteiger partial charge >= 0.3 is 11.9 Å². The first-order valence-corrected chi connectivity index (χ1v) is 12.5. The number of aryl methyl sites for hydroxylation is 2. The quantitative estimate of drug-likeness (QED) is 0.334. The van der Waals surface area contributed by atoms with Gasteiger partial charge in [0, 0.05) is 28.3 Å². The molecule has 3 rings (SSSR count). The summed E-state index contributed by atoms with van der Waals surface area (Å²) in [5.41, 5.74) is 1.36. The molecule has 2 aromatic rings. The lowest BCUT2D eigenvalue weighted by Gasteiger charge is -2.25. The van der Waals surface area contributed by atoms with Crippen molar-refractivity contribution in [1.82, 2.24) is 9.78 Å². The molecule has 0 atom stereocenters. The van der Waals surface area contributed by atoms with Gasteiger partial charge in [-0.1, -0.05) is 38.8 Å². The molecule has 1 N–H and O–H groups in total. The van der Waals surface area contributed by atoms with Gasteiger partial charge in [0.25, 0.3) is 0 Å². The summed E-state index contributed by atoms with van der Waals surface area (Å²) in [6.07, 6.45) is 10.5. The second-order valence-electron chi connectivity index (χ2n) is 8.38. The van der Waals surface area contributed by atoms with Gasteiger partial charge in [-0.25, -0.2) is 4.79 Å². The Balaban J connectivity index is 1.94. The average Bonchev–Trinajstić information content (AvgIpc) is 3.50. The minimum absolute atomic E-state index is 0.180. The van der Waals surface area contributed by atoms with Crippen molar-refractivity contribution in [2.75, 3.05) is 6.61 Å². The van der Waals surface area contributed by atoms with Crippen LogP contribution in [-0.4, -0.2) is 33.4 Å². The maximum Gasteiger partial charge on any atom is 0.354 e. The first kappa shape index (κ1) is 24.2. The Kier molecular flexibility index (Phi) is 8.29. The molecule has 0 bridgehead atoms. The maximum absolute atomic E-state index is 12.8. The molecule has 2 aromatic heterocycles. The van der Waals surface area contributed by atoms with E-state index in [4.69, 9.17) is 9.84 Å². The number of aromatic carboxylic acids is 1. The SMILES string of the molecule is CCCCc1nn(CCCC)c(C(=O)O)c1Cc1ccc(C2(C(=O)OCC)CC=CC2)s1. The van der Waals surface area contributed by atoms with E-state index in [1.165, 1.54) is 0 Å². The fourth-order valence-electron chi connectivity index (χ4n) is 4.28. The number of nitrogens with zero attached hydrogens (tertiary/aromatic N) is 2. The molecule has 32 heavy (non-hydrogen) atoms. The molecule has 1 aliphatic carbocycles. The highest BCUT2D eigenvalue weighted by atomic mass is 32.1. The number of carboxylic acid groups (broad SMARTS) is 1. The summed E-state index contributed by atoms with van der Waals surface area (Å²) in [5.74, 6) is -1.10. The molecule has 0 saturated carbocycles. The molecule has 7 heteroatoms. The zero-order valence-electron chi connectivity index (χ0n) is 19.4. The Morgan fingerprint density at radius 3 is 2.50 bits per heavy atom. The molecule has 0 aromatic carbocycles. The van der Waals surface area contributed by atoms with Crippen molar-refractivity contribution < 1.29 is 19.4 Å². The van der Waals surface area contributed by atoms with E-state index in [1.807, 2.05) is 31.2 Å². The Hall–Kier alpha value is -2.41. The third-order valence-corrected chi connectivity index (χ3v) is 7.37. The standard InChI is InChI=1S/C25H34N2O4S/c1-4-7-11-20-19(22(23(28)29)27(26-20)16-8-5-2)17-18-12-13-21(32-18)25(14-9-10-15-25)24(30)31-6-3/h9-10,12-13H,4-8,11,14-17H2,1-3H3,(H,28,29). The van der Waals surface area contributed by atoms with Gasteiger partial charge in [-0.3, -0.25) is 9.48 Å². The number of allylic oxidation sites excluding steroid dienone is 2. The van der Waals surface area contributed by atoms with Crippen LogP contribution in [0.15, 0.2) is 24.3 Å². The Morgan fingerprint density at radius 2 is 1.88 bits per heavy atom. The molecule has 0 amide bonds. The lowest BCUT2D eigenvalue weighted by Crippen LogP contribution is -2.34. The van der Waals surface area contributed by atoms with Crippen LogP contribution in [0.4, 0.5) is 0 Å². The van der Waals surface area contributed by atoms with E-state index in [-0.39, 0.29) is 5.97 Å². The molecular weight excluding hydrogens is 424 g/mol. The first-order valence-electron chi connectivity index (χ1n) is 11.7. The minimum atomic E-state index is -0.925. The van der Waals surface area contributed by atoms with Crippen LogP contribution in [0.2, 0.25) is 0 Å². The van der Waals surface area contributed by atoms with Gasteiger partial charge in [-0.15, -0.1) is 11.3 Å². The number of aromatic nitrogens is 2. The van der Waals surface area contributed by atoms with Crippen molar-refractivity contribution in [3.63, 3.8) is 0 Å². The fourth-order valence-corrected chi connectivity index (χ4v) is 5.50. The fraction of sp³-hybridized carbons (Fsp3) is 0.560. The van der Waals surface area contributed by atoms with Crippen molar-refractivity contribution in [2.24, 2.45) is 0 Å². The summed E-state index contributed by atoms with van der Waals surface area (Å²) in [4.78, 5) is 27.0. The average molecular weight is 459 g/mol. The Morgan fingerprint density at radius 1 is 1.16 bits per heavy atom. The number of thiophene rings is 1. The van der Waals surface area contributed by atoms with E-state index in [0.717, 1.165) is 53.1 Å². The highest BCUT2D eigenvalue weighted by Gasteiger charge is 2.43. The number of ether oxygens (including phenoxy) is 1. The molecule has 0 saturated heterocycles. The first-order chi connectivity index (χ1) is 15.5. The molecule has 1 aliphatic rings. The monoisotopic (exact) mass is 458 g/mol. The summed E-state index contributed by atoms with van der Waals surface area (Å²) < 4.78 is 7.08. The van der Waals surface area contributed by atoms with E-state index in [2.05, 4.69) is 13.8 Å². The van der Waals surface area contributed by atoms with Crippen molar-refractivity contribution in [1.29, 1.82) is 0 Å². The van der Waals surface area contributed by atoms with Crippen molar-refractivity contribution >= 4 is 23.3 Å². The van der Waals surface area contributed by atoms with Crippen LogP contribution in [0.3, 0.4) is 0 Å². The number of hydrogen-bond donors (Lipinski definition) is 1. The molecule has 0 spiro atoms.